The third-order valence-corrected chi connectivity index (χ3v) is 1.44. The van der Waals surface area contributed by atoms with Crippen molar-refractivity contribution >= 4 is 0 Å². The highest BCUT2D eigenvalue weighted by atomic mass is 16.7. The molecule has 0 radical (unpaired) electrons. The van der Waals surface area contributed by atoms with E-state index in [9.17, 15) is 20.2 Å². The molecule has 0 aromatic heterocycles. The van der Waals surface area contributed by atoms with Crippen LogP contribution in [0.1, 0.15) is 19.8 Å². The first-order chi connectivity index (χ1) is 5.50. The monoisotopic (exact) mass is 177 g/mol. The Morgan fingerprint density at radius 3 is 2.00 bits per heavy atom. The molecule has 0 saturated heterocycles. The molecule has 0 bridgehead atoms. The molecule has 1 atom stereocenters. The van der Waals surface area contributed by atoms with Gasteiger partial charge in [-0.3, -0.25) is 20.2 Å². The van der Waals surface area contributed by atoms with E-state index in [4.69, 9.17) is 5.73 Å². The molecule has 7 heteroatoms. The van der Waals surface area contributed by atoms with Gasteiger partial charge in [-0.2, -0.15) is 0 Å². The fourth-order valence-electron chi connectivity index (χ4n) is 0.872. The summed E-state index contributed by atoms with van der Waals surface area (Å²) in [5, 5.41) is 20.3. The molecule has 0 amide bonds. The molecular weight excluding hydrogens is 166 g/mol. The number of nitrogens with two attached hydrogens (primary N) is 1. The molecule has 0 aromatic rings. The van der Waals surface area contributed by atoms with Crippen LogP contribution >= 0.6 is 0 Å². The highest BCUT2D eigenvalue weighted by Gasteiger charge is 2.38. The van der Waals surface area contributed by atoms with Gasteiger partial charge in [0.25, 0.3) is 0 Å². The molecule has 1 unspecified atom stereocenters. The molecule has 0 aliphatic rings. The lowest BCUT2D eigenvalue weighted by molar-refractivity contribution is -0.745. The van der Waals surface area contributed by atoms with Gasteiger partial charge in [-0.15, -0.1) is 0 Å². The van der Waals surface area contributed by atoms with Crippen molar-refractivity contribution in [2.24, 2.45) is 5.73 Å². The van der Waals surface area contributed by atoms with Gasteiger partial charge in [-0.05, 0) is 6.42 Å². The molecule has 0 fully saturated rings. The summed E-state index contributed by atoms with van der Waals surface area (Å²) in [5.41, 5.74) is 5.25. The largest absolute Gasteiger partial charge is 0.465 e. The van der Waals surface area contributed by atoms with Crippen LogP contribution in [0.25, 0.3) is 0 Å². The molecule has 7 nitrogen and oxygen atoms in total. The Kier molecular flexibility index (Phi) is 4.12. The van der Waals surface area contributed by atoms with E-state index in [1.54, 1.807) is 6.92 Å². The molecule has 0 aliphatic carbocycles. The Morgan fingerprint density at radius 1 is 1.33 bits per heavy atom. The van der Waals surface area contributed by atoms with E-state index in [0.717, 1.165) is 0 Å². The van der Waals surface area contributed by atoms with Gasteiger partial charge in [0.05, 0.1) is 9.85 Å². The van der Waals surface area contributed by atoms with Crippen LogP contribution in [0, 0.1) is 20.2 Å². The third-order valence-electron chi connectivity index (χ3n) is 1.44. The van der Waals surface area contributed by atoms with Crippen molar-refractivity contribution in [3.05, 3.63) is 20.2 Å². The summed E-state index contributed by atoms with van der Waals surface area (Å²) in [4.78, 5) is 18.4. The molecule has 70 valence electrons. The predicted octanol–water partition coefficient (Wildman–Crippen LogP) is -0.00670. The van der Waals surface area contributed by atoms with Crippen LogP contribution in [-0.2, 0) is 0 Å². The zero-order valence-corrected chi connectivity index (χ0v) is 6.67. The minimum Gasteiger partial charge on any atom is -0.316 e. The van der Waals surface area contributed by atoms with E-state index in [2.05, 4.69) is 0 Å². The molecule has 0 aliphatic heterocycles. The van der Waals surface area contributed by atoms with Crippen molar-refractivity contribution in [1.82, 2.24) is 0 Å². The first-order valence-corrected chi connectivity index (χ1v) is 3.53. The zero-order valence-electron chi connectivity index (χ0n) is 6.67. The van der Waals surface area contributed by atoms with Crippen molar-refractivity contribution < 1.29 is 9.85 Å². The third kappa shape index (κ3) is 2.79. The lowest BCUT2D eigenvalue weighted by Gasteiger charge is -2.08. The normalized spacial score (nSPS) is 12.9. The number of nitrogens with zero attached hydrogens (tertiary/aromatic N) is 2. The maximum atomic E-state index is 10.1. The summed E-state index contributed by atoms with van der Waals surface area (Å²) < 4.78 is 0. The fraction of sp³-hybridized carbons (Fsp3) is 1.00. The zero-order chi connectivity index (χ0) is 9.72. The SMILES string of the molecule is CCCC(N)C([N+](=O)[O-])[N+](=O)[O-]. The van der Waals surface area contributed by atoms with E-state index in [1.165, 1.54) is 0 Å². The second-order valence-electron chi connectivity index (χ2n) is 2.44. The quantitative estimate of drug-likeness (QED) is 0.360. The van der Waals surface area contributed by atoms with E-state index in [0.29, 0.717) is 6.42 Å². The van der Waals surface area contributed by atoms with Crippen LogP contribution in [0.2, 0.25) is 0 Å². The van der Waals surface area contributed by atoms with Gasteiger partial charge in [-0.25, -0.2) is 0 Å². The van der Waals surface area contributed by atoms with Crippen LogP contribution in [0.4, 0.5) is 0 Å². The summed E-state index contributed by atoms with van der Waals surface area (Å²) in [6, 6.07) is -1.00. The van der Waals surface area contributed by atoms with Crippen LogP contribution in [0.3, 0.4) is 0 Å². The minimum absolute atomic E-state index is 0.284. The van der Waals surface area contributed by atoms with Crippen LogP contribution < -0.4 is 5.73 Å². The Balaban J connectivity index is 4.29. The number of hydrogen-bond donors (Lipinski definition) is 1. The molecule has 0 heterocycles. The lowest BCUT2D eigenvalue weighted by Crippen LogP contribution is -2.45. The summed E-state index contributed by atoms with van der Waals surface area (Å²) in [7, 11) is 0. The van der Waals surface area contributed by atoms with E-state index in [-0.39, 0.29) is 6.42 Å². The smallest absolute Gasteiger partial charge is 0.316 e. The number of hydrogen-bond acceptors (Lipinski definition) is 5. The first-order valence-electron chi connectivity index (χ1n) is 3.53. The summed E-state index contributed by atoms with van der Waals surface area (Å²) >= 11 is 0. The lowest BCUT2D eigenvalue weighted by atomic mass is 10.1. The van der Waals surface area contributed by atoms with Crippen molar-refractivity contribution in [1.29, 1.82) is 0 Å². The van der Waals surface area contributed by atoms with Crippen LogP contribution in [0.5, 0.6) is 0 Å². The minimum atomic E-state index is -1.87. The Labute approximate surface area is 68.8 Å². The van der Waals surface area contributed by atoms with Gasteiger partial charge in [-0.1, -0.05) is 13.3 Å². The molecule has 0 aromatic carbocycles. The second kappa shape index (κ2) is 4.60. The van der Waals surface area contributed by atoms with Gasteiger partial charge >= 0.3 is 6.17 Å². The highest BCUT2D eigenvalue weighted by molar-refractivity contribution is 4.62. The highest BCUT2D eigenvalue weighted by Crippen LogP contribution is 2.03. The number of rotatable bonds is 5. The molecule has 0 spiro atoms. The van der Waals surface area contributed by atoms with E-state index >= 15 is 0 Å². The molecular formula is C5H11N3O4. The summed E-state index contributed by atoms with van der Waals surface area (Å²) in [6.07, 6.45) is -0.989. The molecule has 12 heavy (non-hydrogen) atoms. The van der Waals surface area contributed by atoms with E-state index in [1.807, 2.05) is 0 Å². The average molecular weight is 177 g/mol. The Hall–Kier alpha value is -1.24. The van der Waals surface area contributed by atoms with Gasteiger partial charge in [0.2, 0.25) is 0 Å². The van der Waals surface area contributed by atoms with Gasteiger partial charge in [0, 0.05) is 0 Å². The summed E-state index contributed by atoms with van der Waals surface area (Å²) in [6.45, 7) is 1.76. The molecule has 0 saturated carbocycles. The van der Waals surface area contributed by atoms with Crippen molar-refractivity contribution in [2.75, 3.05) is 0 Å². The van der Waals surface area contributed by atoms with Gasteiger partial charge in [0.1, 0.15) is 6.04 Å². The van der Waals surface area contributed by atoms with Crippen molar-refractivity contribution in [3.63, 3.8) is 0 Å². The fourth-order valence-corrected chi connectivity index (χ4v) is 0.872. The maximum Gasteiger partial charge on any atom is 0.465 e. The van der Waals surface area contributed by atoms with Crippen LogP contribution in [-0.4, -0.2) is 22.1 Å². The Morgan fingerprint density at radius 2 is 1.75 bits per heavy atom. The molecule has 2 N–H and O–H groups in total. The van der Waals surface area contributed by atoms with Crippen molar-refractivity contribution in [3.8, 4) is 0 Å². The first kappa shape index (κ1) is 10.8. The second-order valence-corrected chi connectivity index (χ2v) is 2.44. The topological polar surface area (TPSA) is 112 Å². The van der Waals surface area contributed by atoms with Crippen LogP contribution in [0.15, 0.2) is 0 Å². The average Bonchev–Trinajstić information content (AvgIpc) is 1.85. The standard InChI is InChI=1S/C5H11N3O4/c1-2-3-4(6)5(7(9)10)8(11)12/h4-5H,2-3,6H2,1H3. The number of nitro groups is 2. The molecule has 0 rings (SSSR count). The van der Waals surface area contributed by atoms with Gasteiger partial charge < -0.3 is 5.73 Å². The van der Waals surface area contributed by atoms with Gasteiger partial charge in [0.15, 0.2) is 0 Å². The van der Waals surface area contributed by atoms with E-state index < -0.39 is 22.1 Å². The predicted molar refractivity (Wildman–Crippen MR) is 40.7 cm³/mol. The maximum absolute atomic E-state index is 10.1. The van der Waals surface area contributed by atoms with Crippen molar-refractivity contribution in [2.45, 2.75) is 32.0 Å². The summed E-state index contributed by atoms with van der Waals surface area (Å²) in [5.74, 6) is 0. The Bertz CT molecular complexity index is 170.